The van der Waals surface area contributed by atoms with Crippen molar-refractivity contribution in [3.8, 4) is 0 Å². The van der Waals surface area contributed by atoms with Crippen LogP contribution in [-0.2, 0) is 18.7 Å². The molecular formula is C25H33NO4Si. The van der Waals surface area contributed by atoms with Crippen molar-refractivity contribution in [1.82, 2.24) is 0 Å². The molecule has 2 aromatic rings. The van der Waals surface area contributed by atoms with Gasteiger partial charge in [-0.15, -0.1) is 0 Å². The van der Waals surface area contributed by atoms with Crippen LogP contribution in [0.1, 0.15) is 27.2 Å². The molecule has 1 aliphatic rings. The summed E-state index contributed by atoms with van der Waals surface area (Å²) in [6, 6.07) is 20.6. The number of carbonyl (C=O) groups excluding carboxylic acids is 1. The van der Waals surface area contributed by atoms with Gasteiger partial charge >= 0.3 is 5.97 Å². The molecule has 0 radical (unpaired) electrons. The fourth-order valence-corrected chi connectivity index (χ4v) is 8.79. The number of methoxy groups -OCH3 is 1. The fourth-order valence-electron chi connectivity index (χ4n) is 4.22. The Kier molecular flexibility index (Phi) is 7.49. The lowest BCUT2D eigenvalue weighted by atomic mass is 10.1. The molecule has 3 rings (SSSR count). The van der Waals surface area contributed by atoms with E-state index in [0.29, 0.717) is 6.61 Å². The Morgan fingerprint density at radius 2 is 1.55 bits per heavy atom. The smallest absolute Gasteiger partial charge is 0.308 e. The number of ether oxygens (including phenoxy) is 2. The van der Waals surface area contributed by atoms with Crippen molar-refractivity contribution in [3.05, 3.63) is 72.8 Å². The summed E-state index contributed by atoms with van der Waals surface area (Å²) in [5, 5.41) is 2.29. The predicted molar refractivity (Wildman–Crippen MR) is 126 cm³/mol. The van der Waals surface area contributed by atoms with Gasteiger partial charge in [0.2, 0.25) is 0 Å². The third-order valence-electron chi connectivity index (χ3n) is 5.80. The second-order valence-corrected chi connectivity index (χ2v) is 13.2. The molecule has 6 heteroatoms. The van der Waals surface area contributed by atoms with E-state index >= 15 is 0 Å². The molecule has 0 aliphatic carbocycles. The molecule has 3 atom stereocenters. The van der Waals surface area contributed by atoms with Crippen LogP contribution >= 0.6 is 0 Å². The predicted octanol–water partition coefficient (Wildman–Crippen LogP) is 2.78. The molecule has 5 nitrogen and oxygen atoms in total. The average Bonchev–Trinajstić information content (AvgIpc) is 2.76. The third-order valence-corrected chi connectivity index (χ3v) is 10.8. The highest BCUT2D eigenvalue weighted by atomic mass is 28.4. The average molecular weight is 440 g/mol. The van der Waals surface area contributed by atoms with Crippen LogP contribution in [0.2, 0.25) is 5.04 Å². The Balaban J connectivity index is 1.93. The maximum absolute atomic E-state index is 11.7. The first-order valence-corrected chi connectivity index (χ1v) is 12.6. The molecule has 1 aliphatic heterocycles. The number of benzene rings is 2. The molecule has 2 aromatic carbocycles. The SMILES string of the molecule is COC(=O)C[C@H]1C=C[C@@H](N)[C@@H](CO[Si](c2ccccc2)(c2ccccc2)C(C)(C)C)O1. The minimum Gasteiger partial charge on any atom is -0.469 e. The van der Waals surface area contributed by atoms with Gasteiger partial charge in [0.1, 0.15) is 0 Å². The molecular weight excluding hydrogens is 406 g/mol. The van der Waals surface area contributed by atoms with Gasteiger partial charge in [0.05, 0.1) is 38.4 Å². The molecule has 1 heterocycles. The number of hydrogen-bond donors (Lipinski definition) is 1. The second-order valence-electron chi connectivity index (χ2n) is 8.93. The molecule has 166 valence electrons. The zero-order valence-corrected chi connectivity index (χ0v) is 19.8. The van der Waals surface area contributed by atoms with Crippen molar-refractivity contribution in [2.45, 2.75) is 50.5 Å². The first-order valence-electron chi connectivity index (χ1n) is 10.7. The van der Waals surface area contributed by atoms with Crippen LogP contribution in [0, 0.1) is 0 Å². The van der Waals surface area contributed by atoms with Crippen LogP contribution in [0.4, 0.5) is 0 Å². The summed E-state index contributed by atoms with van der Waals surface area (Å²) >= 11 is 0. The van der Waals surface area contributed by atoms with Gasteiger partial charge in [-0.1, -0.05) is 93.6 Å². The minimum absolute atomic E-state index is 0.129. The summed E-state index contributed by atoms with van der Waals surface area (Å²) in [6.07, 6.45) is 3.19. The van der Waals surface area contributed by atoms with E-state index in [1.165, 1.54) is 17.5 Å². The second kappa shape index (κ2) is 9.91. The van der Waals surface area contributed by atoms with E-state index in [4.69, 9.17) is 19.6 Å². The lowest BCUT2D eigenvalue weighted by molar-refractivity contribution is -0.144. The van der Waals surface area contributed by atoms with Gasteiger partial charge in [0.25, 0.3) is 8.32 Å². The van der Waals surface area contributed by atoms with Crippen LogP contribution in [0.5, 0.6) is 0 Å². The van der Waals surface area contributed by atoms with Gasteiger partial charge in [-0.05, 0) is 15.4 Å². The zero-order chi connectivity index (χ0) is 22.5. The van der Waals surface area contributed by atoms with Gasteiger partial charge in [-0.3, -0.25) is 4.79 Å². The first kappa shape index (κ1) is 23.4. The maximum atomic E-state index is 11.7. The van der Waals surface area contributed by atoms with Gasteiger partial charge in [0, 0.05) is 0 Å². The fraction of sp³-hybridized carbons (Fsp3) is 0.400. The topological polar surface area (TPSA) is 70.8 Å². The van der Waals surface area contributed by atoms with Crippen LogP contribution in [-0.4, -0.2) is 46.3 Å². The highest BCUT2D eigenvalue weighted by Crippen LogP contribution is 2.37. The van der Waals surface area contributed by atoms with Crippen molar-refractivity contribution >= 4 is 24.7 Å². The Hall–Kier alpha value is -2.25. The monoisotopic (exact) mass is 439 g/mol. The number of hydrogen-bond acceptors (Lipinski definition) is 5. The molecule has 0 unspecified atom stereocenters. The van der Waals surface area contributed by atoms with Crippen LogP contribution in [0.15, 0.2) is 72.8 Å². The largest absolute Gasteiger partial charge is 0.469 e. The summed E-state index contributed by atoms with van der Waals surface area (Å²) in [5.74, 6) is -0.309. The van der Waals surface area contributed by atoms with Gasteiger partial charge in [-0.2, -0.15) is 0 Å². The molecule has 0 aromatic heterocycles. The highest BCUT2D eigenvalue weighted by Gasteiger charge is 2.50. The Morgan fingerprint density at radius 1 is 1.00 bits per heavy atom. The van der Waals surface area contributed by atoms with E-state index < -0.39 is 8.32 Å². The molecule has 0 bridgehead atoms. The lowest BCUT2D eigenvalue weighted by Crippen LogP contribution is -2.67. The molecule has 0 saturated carbocycles. The van der Waals surface area contributed by atoms with Crippen molar-refractivity contribution < 1.29 is 18.7 Å². The van der Waals surface area contributed by atoms with E-state index in [1.54, 1.807) is 0 Å². The Labute approximate surface area is 186 Å². The zero-order valence-electron chi connectivity index (χ0n) is 18.8. The van der Waals surface area contributed by atoms with Crippen LogP contribution < -0.4 is 16.1 Å². The number of nitrogens with two attached hydrogens (primary N) is 1. The molecule has 2 N–H and O–H groups in total. The minimum atomic E-state index is -2.68. The van der Waals surface area contributed by atoms with Gasteiger partial charge < -0.3 is 19.6 Å². The summed E-state index contributed by atoms with van der Waals surface area (Å²) in [6.45, 7) is 7.05. The summed E-state index contributed by atoms with van der Waals surface area (Å²) in [7, 11) is -1.30. The van der Waals surface area contributed by atoms with Crippen molar-refractivity contribution in [3.63, 3.8) is 0 Å². The standard InChI is InChI=1S/C25H33NO4Si/c1-25(2,3)31(20-11-7-5-8-12-20,21-13-9-6-10-14-21)29-18-23-22(26)16-15-19(30-23)17-24(27)28-4/h5-16,19,22-23H,17-18,26H2,1-4H3/t19-,22-,23-/m1/s1. The van der Waals surface area contributed by atoms with Gasteiger partial charge in [-0.25, -0.2) is 0 Å². The normalized spacial score (nSPS) is 21.6. The number of carbonyl (C=O) groups is 1. The van der Waals surface area contributed by atoms with Crippen LogP contribution in [0.3, 0.4) is 0 Å². The van der Waals surface area contributed by atoms with Gasteiger partial charge in [0.15, 0.2) is 0 Å². The van der Waals surface area contributed by atoms with E-state index in [1.807, 2.05) is 24.3 Å². The maximum Gasteiger partial charge on any atom is 0.308 e. The number of rotatable bonds is 7. The Morgan fingerprint density at radius 3 is 2.03 bits per heavy atom. The Bertz CT molecular complexity index is 840. The van der Waals surface area contributed by atoms with Crippen LogP contribution in [0.25, 0.3) is 0 Å². The van der Waals surface area contributed by atoms with Crippen molar-refractivity contribution in [2.75, 3.05) is 13.7 Å². The van der Waals surface area contributed by atoms with Crippen molar-refractivity contribution in [1.29, 1.82) is 0 Å². The summed E-state index contributed by atoms with van der Waals surface area (Å²) in [5.41, 5.74) is 6.33. The molecule has 0 spiro atoms. The molecule has 0 saturated heterocycles. The molecule has 0 fully saturated rings. The highest BCUT2D eigenvalue weighted by molar-refractivity contribution is 6.99. The quantitative estimate of drug-likeness (QED) is 0.408. The lowest BCUT2D eigenvalue weighted by Gasteiger charge is -2.44. The van der Waals surface area contributed by atoms with E-state index in [2.05, 4.69) is 69.3 Å². The third kappa shape index (κ3) is 5.15. The summed E-state index contributed by atoms with van der Waals surface area (Å²) in [4.78, 5) is 11.7. The first-order chi connectivity index (χ1) is 14.8. The van der Waals surface area contributed by atoms with E-state index in [0.717, 1.165) is 0 Å². The van der Waals surface area contributed by atoms with E-state index in [9.17, 15) is 4.79 Å². The molecule has 0 amide bonds. The van der Waals surface area contributed by atoms with E-state index in [-0.39, 0.29) is 35.7 Å². The molecule has 31 heavy (non-hydrogen) atoms. The van der Waals surface area contributed by atoms with Crippen molar-refractivity contribution in [2.24, 2.45) is 5.73 Å². The number of esters is 1. The summed E-state index contributed by atoms with van der Waals surface area (Å²) < 4.78 is 17.9.